The lowest BCUT2D eigenvalue weighted by Crippen LogP contribution is -2.34. The minimum Gasteiger partial charge on any atom is -0.478 e. The first-order valence-electron chi connectivity index (χ1n) is 7.17. The van der Waals surface area contributed by atoms with Gasteiger partial charge in [0.25, 0.3) is 0 Å². The Bertz CT molecular complexity index is 494. The van der Waals surface area contributed by atoms with Crippen LogP contribution in [0.3, 0.4) is 0 Å². The highest BCUT2D eigenvalue weighted by atomic mass is 16.4. The summed E-state index contributed by atoms with van der Waals surface area (Å²) in [5, 5.41) is 12.0. The number of hydrogen-bond donors (Lipinski definition) is 2. The molecule has 0 spiro atoms. The number of hydrogen-bond acceptors (Lipinski definition) is 2. The van der Waals surface area contributed by atoms with Crippen molar-refractivity contribution in [2.75, 3.05) is 0 Å². The van der Waals surface area contributed by atoms with Crippen molar-refractivity contribution in [1.82, 2.24) is 5.32 Å². The number of aromatic carboxylic acids is 1. The number of nitrogens with one attached hydrogen (secondary N) is 1. The highest BCUT2D eigenvalue weighted by Gasteiger charge is 2.22. The maximum atomic E-state index is 12.0. The number of rotatable bonds is 7. The summed E-state index contributed by atoms with van der Waals surface area (Å²) < 4.78 is 0. The Morgan fingerprint density at radius 2 is 2.05 bits per heavy atom. The van der Waals surface area contributed by atoms with Crippen molar-refractivity contribution in [3.63, 3.8) is 0 Å². The second-order valence-corrected chi connectivity index (χ2v) is 5.63. The van der Waals surface area contributed by atoms with E-state index in [0.717, 1.165) is 12.3 Å². The van der Waals surface area contributed by atoms with Crippen molar-refractivity contribution in [1.29, 1.82) is 0 Å². The standard InChI is InChI=1S/C16H21NO3/c1-11(6-7-12-8-9-12)17-15(18)10-13-4-2-3-5-14(13)16(19)20/h2-5,11-12H,6-10H2,1H3,(H,17,18)(H,19,20). The normalized spacial score (nSPS) is 15.7. The van der Waals surface area contributed by atoms with Gasteiger partial charge >= 0.3 is 5.97 Å². The molecule has 4 nitrogen and oxygen atoms in total. The molecule has 0 aromatic heterocycles. The Morgan fingerprint density at radius 3 is 2.70 bits per heavy atom. The maximum absolute atomic E-state index is 12.0. The van der Waals surface area contributed by atoms with E-state index in [1.807, 2.05) is 6.92 Å². The predicted molar refractivity (Wildman–Crippen MR) is 76.7 cm³/mol. The van der Waals surface area contributed by atoms with Crippen molar-refractivity contribution in [3.05, 3.63) is 35.4 Å². The van der Waals surface area contributed by atoms with E-state index in [1.165, 1.54) is 25.3 Å². The fourth-order valence-electron chi connectivity index (χ4n) is 2.35. The molecule has 0 radical (unpaired) electrons. The first-order valence-corrected chi connectivity index (χ1v) is 7.17. The zero-order chi connectivity index (χ0) is 14.5. The first kappa shape index (κ1) is 14.6. The smallest absolute Gasteiger partial charge is 0.335 e. The van der Waals surface area contributed by atoms with E-state index in [0.29, 0.717) is 5.56 Å². The molecule has 20 heavy (non-hydrogen) atoms. The van der Waals surface area contributed by atoms with Crippen LogP contribution in [0.2, 0.25) is 0 Å². The maximum Gasteiger partial charge on any atom is 0.335 e. The molecule has 1 unspecified atom stereocenters. The van der Waals surface area contributed by atoms with Crippen molar-refractivity contribution in [2.24, 2.45) is 5.92 Å². The van der Waals surface area contributed by atoms with Crippen LogP contribution in [0.15, 0.2) is 24.3 Å². The molecule has 1 amide bonds. The molecule has 2 rings (SSSR count). The summed E-state index contributed by atoms with van der Waals surface area (Å²) in [4.78, 5) is 23.0. The van der Waals surface area contributed by atoms with Crippen LogP contribution < -0.4 is 5.32 Å². The Balaban J connectivity index is 1.85. The molecule has 108 valence electrons. The first-order chi connectivity index (χ1) is 9.56. The summed E-state index contributed by atoms with van der Waals surface area (Å²) in [5.41, 5.74) is 0.764. The number of carbonyl (C=O) groups excluding carboxylic acids is 1. The molecule has 4 heteroatoms. The molecule has 0 heterocycles. The lowest BCUT2D eigenvalue weighted by atomic mass is 10.0. The van der Waals surface area contributed by atoms with Crippen LogP contribution in [0.5, 0.6) is 0 Å². The van der Waals surface area contributed by atoms with E-state index in [2.05, 4.69) is 5.32 Å². The van der Waals surface area contributed by atoms with Gasteiger partial charge in [-0.05, 0) is 37.3 Å². The van der Waals surface area contributed by atoms with E-state index in [9.17, 15) is 9.59 Å². The SMILES string of the molecule is CC(CCC1CC1)NC(=O)Cc1ccccc1C(=O)O. The Morgan fingerprint density at radius 1 is 1.35 bits per heavy atom. The molecule has 1 fully saturated rings. The lowest BCUT2D eigenvalue weighted by Gasteiger charge is -2.14. The molecule has 1 aromatic carbocycles. The number of amides is 1. The number of carboxylic acid groups (broad SMARTS) is 1. The summed E-state index contributed by atoms with van der Waals surface area (Å²) >= 11 is 0. The second-order valence-electron chi connectivity index (χ2n) is 5.63. The highest BCUT2D eigenvalue weighted by Crippen LogP contribution is 2.33. The van der Waals surface area contributed by atoms with E-state index >= 15 is 0 Å². The van der Waals surface area contributed by atoms with Gasteiger partial charge in [-0.2, -0.15) is 0 Å². The molecule has 1 atom stereocenters. The fourth-order valence-corrected chi connectivity index (χ4v) is 2.35. The summed E-state index contributed by atoms with van der Waals surface area (Å²) in [7, 11) is 0. The molecular weight excluding hydrogens is 254 g/mol. The molecule has 0 bridgehead atoms. The van der Waals surface area contributed by atoms with Crippen molar-refractivity contribution >= 4 is 11.9 Å². The van der Waals surface area contributed by atoms with Crippen LogP contribution in [0.1, 0.15) is 48.5 Å². The minimum atomic E-state index is -0.991. The van der Waals surface area contributed by atoms with E-state index in [1.54, 1.807) is 18.2 Å². The third-order valence-electron chi connectivity index (χ3n) is 3.71. The zero-order valence-electron chi connectivity index (χ0n) is 11.8. The van der Waals surface area contributed by atoms with Gasteiger partial charge < -0.3 is 10.4 Å². The molecule has 2 N–H and O–H groups in total. The van der Waals surface area contributed by atoms with Crippen LogP contribution in [-0.2, 0) is 11.2 Å². The lowest BCUT2D eigenvalue weighted by molar-refractivity contribution is -0.121. The fraction of sp³-hybridized carbons (Fsp3) is 0.500. The molecule has 1 aliphatic carbocycles. The van der Waals surface area contributed by atoms with Gasteiger partial charge in [-0.15, -0.1) is 0 Å². The largest absolute Gasteiger partial charge is 0.478 e. The molecule has 1 saturated carbocycles. The monoisotopic (exact) mass is 275 g/mol. The van der Waals surface area contributed by atoms with Gasteiger partial charge in [-0.25, -0.2) is 4.79 Å². The van der Waals surface area contributed by atoms with Crippen LogP contribution in [0, 0.1) is 5.92 Å². The van der Waals surface area contributed by atoms with Gasteiger partial charge in [0.15, 0.2) is 0 Å². The third kappa shape index (κ3) is 4.37. The van der Waals surface area contributed by atoms with Crippen LogP contribution in [-0.4, -0.2) is 23.0 Å². The Kier molecular flexibility index (Phi) is 4.77. The topological polar surface area (TPSA) is 66.4 Å². The number of carboxylic acids is 1. The summed E-state index contributed by atoms with van der Waals surface area (Å²) in [6.07, 6.45) is 4.94. The van der Waals surface area contributed by atoms with Crippen LogP contribution in [0.4, 0.5) is 0 Å². The Hall–Kier alpha value is -1.84. The van der Waals surface area contributed by atoms with E-state index in [4.69, 9.17) is 5.11 Å². The minimum absolute atomic E-state index is 0.109. The van der Waals surface area contributed by atoms with Gasteiger partial charge in [0.1, 0.15) is 0 Å². The average molecular weight is 275 g/mol. The zero-order valence-corrected chi connectivity index (χ0v) is 11.8. The van der Waals surface area contributed by atoms with E-state index < -0.39 is 5.97 Å². The average Bonchev–Trinajstić information content (AvgIpc) is 3.20. The van der Waals surface area contributed by atoms with Crippen LogP contribution in [0.25, 0.3) is 0 Å². The summed E-state index contributed by atoms with van der Waals surface area (Å²) in [6.45, 7) is 2.00. The number of benzene rings is 1. The molecule has 0 aliphatic heterocycles. The van der Waals surface area contributed by atoms with Gasteiger partial charge in [0.05, 0.1) is 12.0 Å². The van der Waals surface area contributed by atoms with Gasteiger partial charge in [-0.3, -0.25) is 4.79 Å². The highest BCUT2D eigenvalue weighted by molar-refractivity contribution is 5.91. The molecule has 1 aromatic rings. The van der Waals surface area contributed by atoms with Gasteiger partial charge in [0.2, 0.25) is 5.91 Å². The van der Waals surface area contributed by atoms with Gasteiger partial charge in [0, 0.05) is 6.04 Å². The van der Waals surface area contributed by atoms with Crippen molar-refractivity contribution in [3.8, 4) is 0 Å². The number of carbonyl (C=O) groups is 2. The van der Waals surface area contributed by atoms with Crippen molar-refractivity contribution in [2.45, 2.75) is 45.1 Å². The predicted octanol–water partition coefficient (Wildman–Crippen LogP) is 2.62. The third-order valence-corrected chi connectivity index (χ3v) is 3.71. The molecular formula is C16H21NO3. The quantitative estimate of drug-likeness (QED) is 0.804. The summed E-state index contributed by atoms with van der Waals surface area (Å²) in [6, 6.07) is 6.80. The summed E-state index contributed by atoms with van der Waals surface area (Å²) in [5.74, 6) is -0.237. The van der Waals surface area contributed by atoms with Crippen LogP contribution >= 0.6 is 0 Å². The second kappa shape index (κ2) is 6.55. The Labute approximate surface area is 119 Å². The van der Waals surface area contributed by atoms with E-state index in [-0.39, 0.29) is 23.9 Å². The van der Waals surface area contributed by atoms with Gasteiger partial charge in [-0.1, -0.05) is 31.0 Å². The van der Waals surface area contributed by atoms with Crippen molar-refractivity contribution < 1.29 is 14.7 Å². The molecule has 0 saturated heterocycles. The molecule has 1 aliphatic rings.